The van der Waals surface area contributed by atoms with Gasteiger partial charge in [0, 0.05) is 17.6 Å². The van der Waals surface area contributed by atoms with E-state index in [1.807, 2.05) is 6.07 Å². The third-order valence-electron chi connectivity index (χ3n) is 5.81. The molecule has 0 N–H and O–H groups in total. The SMILES string of the molecule is Cc1cc2c(cc1C)N(Cc1ccccc1Br)C(Br)N2Cc1ccc2c(c1)OCO2. The van der Waals surface area contributed by atoms with Gasteiger partial charge in [0.05, 0.1) is 11.4 Å². The molecule has 154 valence electrons. The first-order valence-corrected chi connectivity index (χ1v) is 11.6. The first-order valence-electron chi connectivity index (χ1n) is 9.92. The number of hydrogen-bond donors (Lipinski definition) is 0. The van der Waals surface area contributed by atoms with Crippen LogP contribution < -0.4 is 19.3 Å². The fourth-order valence-electron chi connectivity index (χ4n) is 4.01. The molecule has 30 heavy (non-hydrogen) atoms. The summed E-state index contributed by atoms with van der Waals surface area (Å²) in [7, 11) is 0. The van der Waals surface area contributed by atoms with E-state index in [2.05, 4.69) is 104 Å². The third-order valence-corrected chi connectivity index (χ3v) is 7.57. The van der Waals surface area contributed by atoms with Gasteiger partial charge in [0.2, 0.25) is 6.79 Å². The van der Waals surface area contributed by atoms with Crippen LogP contribution in [0.25, 0.3) is 0 Å². The Hall–Kier alpha value is -2.18. The van der Waals surface area contributed by atoms with Crippen molar-refractivity contribution in [1.29, 1.82) is 0 Å². The van der Waals surface area contributed by atoms with Gasteiger partial charge in [-0.15, -0.1) is 0 Å². The minimum atomic E-state index is 0.0474. The molecule has 1 atom stereocenters. The number of rotatable bonds is 4. The van der Waals surface area contributed by atoms with Gasteiger partial charge in [-0.2, -0.15) is 0 Å². The zero-order valence-corrected chi connectivity index (χ0v) is 20.0. The zero-order chi connectivity index (χ0) is 20.8. The van der Waals surface area contributed by atoms with Crippen molar-refractivity contribution in [2.45, 2.75) is 32.0 Å². The molecule has 3 aromatic rings. The van der Waals surface area contributed by atoms with Crippen LogP contribution in [0.5, 0.6) is 11.5 Å². The lowest BCUT2D eigenvalue weighted by Crippen LogP contribution is -2.37. The lowest BCUT2D eigenvalue weighted by atomic mass is 10.1. The number of halogens is 2. The van der Waals surface area contributed by atoms with Gasteiger partial charge < -0.3 is 19.3 Å². The van der Waals surface area contributed by atoms with Crippen molar-refractivity contribution in [2.24, 2.45) is 0 Å². The van der Waals surface area contributed by atoms with Gasteiger partial charge in [0.1, 0.15) is 0 Å². The van der Waals surface area contributed by atoms with Crippen LogP contribution in [-0.4, -0.2) is 11.9 Å². The summed E-state index contributed by atoms with van der Waals surface area (Å²) in [5, 5.41) is 0.0474. The van der Waals surface area contributed by atoms with E-state index in [9.17, 15) is 0 Å². The number of fused-ring (bicyclic) bond motifs is 2. The summed E-state index contributed by atoms with van der Waals surface area (Å²) in [6.07, 6.45) is 0. The van der Waals surface area contributed by atoms with Gasteiger partial charge in [0.25, 0.3) is 0 Å². The van der Waals surface area contributed by atoms with Crippen LogP contribution >= 0.6 is 31.9 Å². The molecule has 6 heteroatoms. The Kier molecular flexibility index (Phi) is 5.15. The lowest BCUT2D eigenvalue weighted by molar-refractivity contribution is 0.174. The van der Waals surface area contributed by atoms with E-state index in [4.69, 9.17) is 9.47 Å². The Morgan fingerprint density at radius 1 is 0.867 bits per heavy atom. The number of hydrogen-bond acceptors (Lipinski definition) is 4. The molecule has 0 aromatic heterocycles. The first kappa shape index (κ1) is 19.8. The van der Waals surface area contributed by atoms with Gasteiger partial charge in [0.15, 0.2) is 16.6 Å². The Bertz CT molecular complexity index is 1120. The van der Waals surface area contributed by atoms with E-state index < -0.39 is 0 Å². The van der Waals surface area contributed by atoms with Crippen LogP contribution in [0.4, 0.5) is 11.4 Å². The molecule has 5 rings (SSSR count). The minimum absolute atomic E-state index is 0.0474. The average Bonchev–Trinajstić information content (AvgIpc) is 3.29. The van der Waals surface area contributed by atoms with Crippen LogP contribution in [0.15, 0.2) is 59.1 Å². The van der Waals surface area contributed by atoms with Crippen molar-refractivity contribution in [3.63, 3.8) is 0 Å². The molecule has 2 aliphatic heterocycles. The van der Waals surface area contributed by atoms with E-state index in [0.717, 1.165) is 29.1 Å². The molecule has 0 saturated carbocycles. The first-order chi connectivity index (χ1) is 14.5. The number of anilines is 2. The maximum absolute atomic E-state index is 5.58. The van der Waals surface area contributed by atoms with Gasteiger partial charge in [-0.3, -0.25) is 0 Å². The number of nitrogens with zero attached hydrogens (tertiary/aromatic N) is 2. The molecule has 0 fully saturated rings. The topological polar surface area (TPSA) is 24.9 Å². The molecule has 2 aliphatic rings. The highest BCUT2D eigenvalue weighted by molar-refractivity contribution is 9.10. The molecule has 0 saturated heterocycles. The second-order valence-corrected chi connectivity index (χ2v) is 9.44. The number of benzene rings is 3. The second-order valence-electron chi connectivity index (χ2n) is 7.77. The number of alkyl halides is 1. The van der Waals surface area contributed by atoms with Crippen molar-refractivity contribution in [2.75, 3.05) is 16.6 Å². The maximum atomic E-state index is 5.58. The van der Waals surface area contributed by atoms with Crippen molar-refractivity contribution < 1.29 is 9.47 Å². The number of aryl methyl sites for hydroxylation is 2. The minimum Gasteiger partial charge on any atom is -0.454 e. The highest BCUT2D eigenvalue weighted by Crippen LogP contribution is 2.45. The van der Waals surface area contributed by atoms with Crippen molar-refractivity contribution in [3.8, 4) is 11.5 Å². The predicted octanol–water partition coefficient (Wildman–Crippen LogP) is 6.50. The molecule has 0 amide bonds. The van der Waals surface area contributed by atoms with Crippen LogP contribution in [0.3, 0.4) is 0 Å². The Morgan fingerprint density at radius 2 is 1.53 bits per heavy atom. The van der Waals surface area contributed by atoms with E-state index in [0.29, 0.717) is 6.79 Å². The number of ether oxygens (including phenoxy) is 2. The van der Waals surface area contributed by atoms with E-state index >= 15 is 0 Å². The van der Waals surface area contributed by atoms with Crippen LogP contribution in [0.1, 0.15) is 22.3 Å². The monoisotopic (exact) mass is 528 g/mol. The second kappa shape index (κ2) is 7.82. The van der Waals surface area contributed by atoms with Gasteiger partial charge in [-0.1, -0.05) is 40.2 Å². The summed E-state index contributed by atoms with van der Waals surface area (Å²) in [4.78, 5) is 4.81. The maximum Gasteiger partial charge on any atom is 0.231 e. The quantitative estimate of drug-likeness (QED) is 0.284. The zero-order valence-electron chi connectivity index (χ0n) is 16.9. The summed E-state index contributed by atoms with van der Waals surface area (Å²) in [6, 6.07) is 19.2. The molecule has 0 spiro atoms. The molecular formula is C24H22Br2N2O2. The molecule has 0 bridgehead atoms. The predicted molar refractivity (Wildman–Crippen MR) is 128 cm³/mol. The molecule has 3 aromatic carbocycles. The largest absolute Gasteiger partial charge is 0.454 e. The fourth-order valence-corrected chi connectivity index (χ4v) is 5.15. The molecule has 4 nitrogen and oxygen atoms in total. The third kappa shape index (κ3) is 3.46. The lowest BCUT2D eigenvalue weighted by Gasteiger charge is -2.29. The normalized spacial score (nSPS) is 16.9. The smallest absolute Gasteiger partial charge is 0.231 e. The summed E-state index contributed by atoms with van der Waals surface area (Å²) in [6.45, 7) is 6.23. The Balaban J connectivity index is 1.51. The summed E-state index contributed by atoms with van der Waals surface area (Å²) >= 11 is 7.69. The van der Waals surface area contributed by atoms with Gasteiger partial charge in [-0.05, 0) is 82.4 Å². The highest BCUT2D eigenvalue weighted by atomic mass is 79.9. The summed E-state index contributed by atoms with van der Waals surface area (Å²) in [5.74, 6) is 1.64. The van der Waals surface area contributed by atoms with Crippen molar-refractivity contribution >= 4 is 43.2 Å². The molecule has 0 radical (unpaired) electrons. The molecule has 2 heterocycles. The molecular weight excluding hydrogens is 508 g/mol. The van der Waals surface area contributed by atoms with Crippen LogP contribution in [0.2, 0.25) is 0 Å². The van der Waals surface area contributed by atoms with Gasteiger partial charge >= 0.3 is 0 Å². The molecule has 1 unspecified atom stereocenters. The molecule has 0 aliphatic carbocycles. The standard InChI is InChI=1S/C24H22Br2N2O2/c1-15-9-20-21(10-16(15)2)28(13-18-5-3-4-6-19(18)25)24(26)27(20)12-17-7-8-22-23(11-17)30-14-29-22/h3-11,24H,12-14H2,1-2H3. The van der Waals surface area contributed by atoms with Gasteiger partial charge in [-0.25, -0.2) is 0 Å². The van der Waals surface area contributed by atoms with Crippen LogP contribution in [0, 0.1) is 13.8 Å². The fraction of sp³-hybridized carbons (Fsp3) is 0.250. The summed E-state index contributed by atoms with van der Waals surface area (Å²) < 4.78 is 12.2. The average molecular weight is 530 g/mol. The van der Waals surface area contributed by atoms with E-state index in [1.165, 1.54) is 33.6 Å². The summed E-state index contributed by atoms with van der Waals surface area (Å²) in [5.41, 5.74) is 7.54. The van der Waals surface area contributed by atoms with Crippen molar-refractivity contribution in [3.05, 3.63) is 81.3 Å². The Morgan fingerprint density at radius 3 is 2.27 bits per heavy atom. The van der Waals surface area contributed by atoms with E-state index in [-0.39, 0.29) is 5.08 Å². The van der Waals surface area contributed by atoms with Crippen LogP contribution in [-0.2, 0) is 13.1 Å². The highest BCUT2D eigenvalue weighted by Gasteiger charge is 2.35. The van der Waals surface area contributed by atoms with Crippen molar-refractivity contribution in [1.82, 2.24) is 0 Å². The van der Waals surface area contributed by atoms with E-state index in [1.54, 1.807) is 0 Å². The Labute approximate surface area is 193 Å².